The predicted octanol–water partition coefficient (Wildman–Crippen LogP) is 3.82. The minimum atomic E-state index is -2.88. The van der Waals surface area contributed by atoms with Crippen LogP contribution in [0.2, 0.25) is 0 Å². The second kappa shape index (κ2) is 5.96. The predicted molar refractivity (Wildman–Crippen MR) is 68.3 cm³/mol. The number of ether oxygens (including phenoxy) is 1. The van der Waals surface area contributed by atoms with E-state index in [1.54, 1.807) is 13.0 Å². The van der Waals surface area contributed by atoms with Crippen LogP contribution in [0.1, 0.15) is 22.8 Å². The number of halogens is 3. The van der Waals surface area contributed by atoms with Crippen molar-refractivity contribution in [3.8, 4) is 5.75 Å². The van der Waals surface area contributed by atoms with Crippen molar-refractivity contribution in [2.45, 2.75) is 19.6 Å². The molecule has 2 nitrogen and oxygen atoms in total. The third-order valence-corrected chi connectivity index (χ3v) is 2.92. The quantitative estimate of drug-likeness (QED) is 0.923. The standard InChI is InChI=1S/C15H13F3O2/c1-9-8-11(4-7-13(9)16)14(19)10-2-5-12(6-3-10)20-15(17)18/h2-8,14-15,19H,1H3. The zero-order chi connectivity index (χ0) is 14.7. The van der Waals surface area contributed by atoms with Gasteiger partial charge in [0.15, 0.2) is 0 Å². The monoisotopic (exact) mass is 282 g/mol. The highest BCUT2D eigenvalue weighted by Crippen LogP contribution is 2.25. The molecule has 0 spiro atoms. The minimum Gasteiger partial charge on any atom is -0.435 e. The van der Waals surface area contributed by atoms with Gasteiger partial charge in [-0.1, -0.05) is 24.3 Å². The highest BCUT2D eigenvalue weighted by atomic mass is 19.3. The van der Waals surface area contributed by atoms with Gasteiger partial charge in [-0.2, -0.15) is 8.78 Å². The smallest absolute Gasteiger partial charge is 0.387 e. The second-order valence-electron chi connectivity index (χ2n) is 4.36. The summed E-state index contributed by atoms with van der Waals surface area (Å²) in [6.45, 7) is -1.28. The molecule has 0 radical (unpaired) electrons. The fourth-order valence-electron chi connectivity index (χ4n) is 1.86. The zero-order valence-electron chi connectivity index (χ0n) is 10.7. The lowest BCUT2D eigenvalue weighted by Gasteiger charge is -2.13. The Kier molecular flexibility index (Phi) is 4.29. The minimum absolute atomic E-state index is 0.0197. The van der Waals surface area contributed by atoms with Gasteiger partial charge in [-0.3, -0.25) is 0 Å². The molecule has 1 unspecified atom stereocenters. The van der Waals surface area contributed by atoms with Crippen LogP contribution in [0.3, 0.4) is 0 Å². The summed E-state index contributed by atoms with van der Waals surface area (Å²) in [5.74, 6) is -0.326. The summed E-state index contributed by atoms with van der Waals surface area (Å²) in [7, 11) is 0. The van der Waals surface area contributed by atoms with Gasteiger partial charge in [-0.25, -0.2) is 4.39 Å². The first-order valence-corrected chi connectivity index (χ1v) is 5.96. The third-order valence-electron chi connectivity index (χ3n) is 2.92. The number of aryl methyl sites for hydroxylation is 1. The molecule has 0 bridgehead atoms. The van der Waals surface area contributed by atoms with Gasteiger partial charge in [0, 0.05) is 0 Å². The first-order chi connectivity index (χ1) is 9.47. The lowest BCUT2D eigenvalue weighted by atomic mass is 10.00. The van der Waals surface area contributed by atoms with Gasteiger partial charge in [0.1, 0.15) is 17.7 Å². The molecule has 0 aromatic heterocycles. The molecule has 0 saturated heterocycles. The number of hydrogen-bond donors (Lipinski definition) is 1. The molecule has 0 fully saturated rings. The Bertz CT molecular complexity index is 582. The highest BCUT2D eigenvalue weighted by molar-refractivity contribution is 5.35. The number of benzene rings is 2. The topological polar surface area (TPSA) is 29.5 Å². The maximum atomic E-state index is 13.2. The van der Waals surface area contributed by atoms with Crippen LogP contribution < -0.4 is 4.74 Å². The first kappa shape index (κ1) is 14.4. The molecular weight excluding hydrogens is 269 g/mol. The van der Waals surface area contributed by atoms with Crippen molar-refractivity contribution < 1.29 is 23.0 Å². The maximum Gasteiger partial charge on any atom is 0.387 e. The fourth-order valence-corrected chi connectivity index (χ4v) is 1.86. The average Bonchev–Trinajstić information content (AvgIpc) is 2.41. The van der Waals surface area contributed by atoms with Gasteiger partial charge >= 0.3 is 6.61 Å². The Hall–Kier alpha value is -2.01. The summed E-state index contributed by atoms with van der Waals surface area (Å²) in [6.07, 6.45) is -0.949. The summed E-state index contributed by atoms with van der Waals surface area (Å²) >= 11 is 0. The third kappa shape index (κ3) is 3.30. The summed E-state index contributed by atoms with van der Waals surface area (Å²) in [4.78, 5) is 0. The lowest BCUT2D eigenvalue weighted by molar-refractivity contribution is -0.0498. The Morgan fingerprint density at radius 1 is 1.00 bits per heavy atom. The molecule has 0 heterocycles. The number of aliphatic hydroxyl groups excluding tert-OH is 1. The molecule has 20 heavy (non-hydrogen) atoms. The SMILES string of the molecule is Cc1cc(C(O)c2ccc(OC(F)F)cc2)ccc1F. The Balaban J connectivity index is 2.20. The number of hydrogen-bond acceptors (Lipinski definition) is 2. The van der Waals surface area contributed by atoms with Gasteiger partial charge in [0.25, 0.3) is 0 Å². The first-order valence-electron chi connectivity index (χ1n) is 5.96. The van der Waals surface area contributed by atoms with Crippen molar-refractivity contribution in [2.75, 3.05) is 0 Å². The molecule has 0 aliphatic carbocycles. The van der Waals surface area contributed by atoms with E-state index in [1.807, 2.05) is 0 Å². The molecule has 2 rings (SSSR count). The van der Waals surface area contributed by atoms with Crippen LogP contribution in [0, 0.1) is 12.7 Å². The largest absolute Gasteiger partial charge is 0.435 e. The number of rotatable bonds is 4. The van der Waals surface area contributed by atoms with Gasteiger partial charge in [-0.15, -0.1) is 0 Å². The van der Waals surface area contributed by atoms with Crippen LogP contribution >= 0.6 is 0 Å². The van der Waals surface area contributed by atoms with Crippen molar-refractivity contribution in [1.29, 1.82) is 0 Å². The van der Waals surface area contributed by atoms with E-state index in [4.69, 9.17) is 0 Å². The molecular formula is C15H13F3O2. The Morgan fingerprint density at radius 2 is 1.60 bits per heavy atom. The summed E-state index contributed by atoms with van der Waals surface area (Å²) in [5, 5.41) is 10.2. The fraction of sp³-hybridized carbons (Fsp3) is 0.200. The van der Waals surface area contributed by atoms with E-state index in [0.717, 1.165) is 0 Å². The normalized spacial score (nSPS) is 12.5. The summed E-state index contributed by atoms with van der Waals surface area (Å²) in [5.41, 5.74) is 1.48. The zero-order valence-corrected chi connectivity index (χ0v) is 10.7. The maximum absolute atomic E-state index is 13.2. The Labute approximate surface area is 114 Å². The number of alkyl halides is 2. The van der Waals surface area contributed by atoms with Gasteiger partial charge < -0.3 is 9.84 Å². The van der Waals surface area contributed by atoms with E-state index in [9.17, 15) is 18.3 Å². The molecule has 5 heteroatoms. The molecule has 0 saturated carbocycles. The van der Waals surface area contributed by atoms with Gasteiger partial charge in [-0.05, 0) is 41.8 Å². The van der Waals surface area contributed by atoms with E-state index in [1.165, 1.54) is 36.4 Å². The van der Waals surface area contributed by atoms with Crippen LogP contribution in [-0.2, 0) is 0 Å². The van der Waals surface area contributed by atoms with Crippen LogP contribution in [0.25, 0.3) is 0 Å². The van der Waals surface area contributed by atoms with Crippen molar-refractivity contribution >= 4 is 0 Å². The van der Waals surface area contributed by atoms with Crippen LogP contribution in [-0.4, -0.2) is 11.7 Å². The summed E-state index contributed by atoms with van der Waals surface area (Å²) in [6, 6.07) is 9.98. The lowest BCUT2D eigenvalue weighted by Crippen LogP contribution is -2.03. The molecule has 1 N–H and O–H groups in total. The van der Waals surface area contributed by atoms with Gasteiger partial charge in [0.2, 0.25) is 0 Å². The van der Waals surface area contributed by atoms with Crippen LogP contribution in [0.4, 0.5) is 13.2 Å². The molecule has 0 amide bonds. The van der Waals surface area contributed by atoms with E-state index in [-0.39, 0.29) is 11.6 Å². The van der Waals surface area contributed by atoms with Crippen LogP contribution in [0.5, 0.6) is 5.75 Å². The highest BCUT2D eigenvalue weighted by Gasteiger charge is 2.12. The van der Waals surface area contributed by atoms with Crippen LogP contribution in [0.15, 0.2) is 42.5 Å². The molecule has 0 aliphatic rings. The van der Waals surface area contributed by atoms with Crippen molar-refractivity contribution in [2.24, 2.45) is 0 Å². The molecule has 106 valence electrons. The Morgan fingerprint density at radius 3 is 2.15 bits per heavy atom. The van der Waals surface area contributed by atoms with Crippen molar-refractivity contribution in [3.63, 3.8) is 0 Å². The van der Waals surface area contributed by atoms with Crippen molar-refractivity contribution in [3.05, 3.63) is 65.0 Å². The molecule has 2 aromatic rings. The van der Waals surface area contributed by atoms with E-state index >= 15 is 0 Å². The van der Waals surface area contributed by atoms with E-state index in [0.29, 0.717) is 16.7 Å². The molecule has 0 aliphatic heterocycles. The van der Waals surface area contributed by atoms with Gasteiger partial charge in [0.05, 0.1) is 0 Å². The van der Waals surface area contributed by atoms with E-state index < -0.39 is 12.7 Å². The molecule has 1 atom stereocenters. The van der Waals surface area contributed by atoms with Crippen molar-refractivity contribution in [1.82, 2.24) is 0 Å². The summed E-state index contributed by atoms with van der Waals surface area (Å²) < 4.78 is 41.4. The average molecular weight is 282 g/mol. The number of aliphatic hydroxyl groups is 1. The molecule has 2 aromatic carbocycles. The second-order valence-corrected chi connectivity index (χ2v) is 4.36. The van der Waals surface area contributed by atoms with E-state index in [2.05, 4.69) is 4.74 Å².